The fraction of sp³-hybridized carbons (Fsp3) is 0.0833. The number of carbonyl (C=O) groups is 1. The second-order valence-corrected chi connectivity index (χ2v) is 11.1. The van der Waals surface area contributed by atoms with E-state index in [-0.39, 0.29) is 5.91 Å². The molecule has 1 amide bonds. The zero-order valence-electron chi connectivity index (χ0n) is 17.2. The van der Waals surface area contributed by atoms with Crippen molar-refractivity contribution in [2.75, 3.05) is 12.0 Å². The van der Waals surface area contributed by atoms with E-state index in [0.717, 1.165) is 24.9 Å². The quantitative estimate of drug-likeness (QED) is 0.153. The van der Waals surface area contributed by atoms with Gasteiger partial charge >= 0.3 is 0 Å². The zero-order valence-corrected chi connectivity index (χ0v) is 23.3. The van der Waals surface area contributed by atoms with E-state index >= 15 is 0 Å². The average molecular weight is 673 g/mol. The number of hydrogen-bond acceptors (Lipinski definition) is 5. The number of thiocarbonyl (C=S) groups is 1. The molecule has 3 aromatic rings. The van der Waals surface area contributed by atoms with Crippen LogP contribution in [-0.4, -0.2) is 17.3 Å². The largest absolute Gasteiger partial charge is 0.493 e. The molecule has 168 valence electrons. The predicted octanol–water partition coefficient (Wildman–Crippen LogP) is 7.70. The lowest BCUT2D eigenvalue weighted by Crippen LogP contribution is -2.27. The molecule has 0 atom stereocenters. The monoisotopic (exact) mass is 671 g/mol. The highest BCUT2D eigenvalue weighted by Crippen LogP contribution is 2.39. The molecule has 0 unspecified atom stereocenters. The van der Waals surface area contributed by atoms with Crippen molar-refractivity contribution >= 4 is 96.1 Å². The Morgan fingerprint density at radius 3 is 2.52 bits per heavy atom. The van der Waals surface area contributed by atoms with E-state index in [1.165, 1.54) is 11.8 Å². The normalized spacial score (nSPS) is 14.8. The van der Waals surface area contributed by atoms with E-state index in [1.54, 1.807) is 12.0 Å². The molecule has 0 aromatic heterocycles. The van der Waals surface area contributed by atoms with E-state index in [9.17, 15) is 4.79 Å². The molecule has 33 heavy (non-hydrogen) atoms. The standard InChI is InChI=1S/C24H16BrClINO3S2/c1-30-20-11-15(10-19(27)22(20)31-13-14-2-6-17(26)7-3-14)12-21-23(29)28(24(32)33-21)18-8-4-16(25)5-9-18/h2-12H,13H2,1H3/b21-12+. The van der Waals surface area contributed by atoms with Crippen molar-refractivity contribution in [1.29, 1.82) is 0 Å². The van der Waals surface area contributed by atoms with Gasteiger partial charge in [0.15, 0.2) is 15.8 Å². The molecule has 4 nitrogen and oxygen atoms in total. The molecule has 1 heterocycles. The number of halogens is 3. The molecule has 1 saturated heterocycles. The van der Waals surface area contributed by atoms with Crippen LogP contribution in [0.5, 0.6) is 11.5 Å². The van der Waals surface area contributed by atoms with Crippen LogP contribution in [0.25, 0.3) is 6.08 Å². The van der Waals surface area contributed by atoms with Crippen LogP contribution < -0.4 is 14.4 Å². The van der Waals surface area contributed by atoms with Gasteiger partial charge in [-0.3, -0.25) is 9.69 Å². The Kier molecular flexibility index (Phi) is 8.01. The first-order valence-electron chi connectivity index (χ1n) is 9.64. The van der Waals surface area contributed by atoms with Crippen molar-refractivity contribution in [2.24, 2.45) is 0 Å². The molecule has 0 spiro atoms. The Balaban J connectivity index is 1.57. The van der Waals surface area contributed by atoms with Crippen LogP contribution in [-0.2, 0) is 11.4 Å². The fourth-order valence-electron chi connectivity index (χ4n) is 3.13. The molecule has 3 aromatic carbocycles. The lowest BCUT2D eigenvalue weighted by atomic mass is 10.1. The summed E-state index contributed by atoms with van der Waals surface area (Å²) in [4.78, 5) is 15.2. The molecule has 0 saturated carbocycles. The Labute approximate surface area is 228 Å². The van der Waals surface area contributed by atoms with Crippen LogP contribution in [0.1, 0.15) is 11.1 Å². The summed E-state index contributed by atoms with van der Waals surface area (Å²) in [6.45, 7) is 0.384. The number of nitrogens with zero attached hydrogens (tertiary/aromatic N) is 1. The highest BCUT2D eigenvalue weighted by atomic mass is 127. The lowest BCUT2D eigenvalue weighted by molar-refractivity contribution is -0.113. The van der Waals surface area contributed by atoms with E-state index in [1.807, 2.05) is 66.7 Å². The number of methoxy groups -OCH3 is 1. The second kappa shape index (κ2) is 10.8. The van der Waals surface area contributed by atoms with E-state index in [2.05, 4.69) is 38.5 Å². The number of anilines is 1. The summed E-state index contributed by atoms with van der Waals surface area (Å²) in [6.07, 6.45) is 1.83. The summed E-state index contributed by atoms with van der Waals surface area (Å²) in [7, 11) is 1.59. The number of rotatable bonds is 6. The molecule has 0 radical (unpaired) electrons. The number of amides is 1. The minimum Gasteiger partial charge on any atom is -0.493 e. The van der Waals surface area contributed by atoms with Gasteiger partial charge in [-0.15, -0.1) is 0 Å². The summed E-state index contributed by atoms with van der Waals surface area (Å²) in [5.74, 6) is 1.09. The minimum atomic E-state index is -0.149. The smallest absolute Gasteiger partial charge is 0.270 e. The summed E-state index contributed by atoms with van der Waals surface area (Å²) in [6, 6.07) is 18.8. The number of ether oxygens (including phenoxy) is 2. The van der Waals surface area contributed by atoms with Crippen molar-refractivity contribution in [3.63, 3.8) is 0 Å². The third-order valence-electron chi connectivity index (χ3n) is 4.72. The minimum absolute atomic E-state index is 0.149. The van der Waals surface area contributed by atoms with Gasteiger partial charge in [-0.1, -0.05) is 63.6 Å². The Bertz CT molecular complexity index is 1250. The SMILES string of the molecule is COc1cc(/C=C2/SC(=S)N(c3ccc(Br)cc3)C2=O)cc(I)c1OCc1ccc(Cl)cc1. The van der Waals surface area contributed by atoms with Gasteiger partial charge in [0.2, 0.25) is 0 Å². The number of benzene rings is 3. The molecule has 1 fully saturated rings. The van der Waals surface area contributed by atoms with Gasteiger partial charge < -0.3 is 9.47 Å². The summed E-state index contributed by atoms with van der Waals surface area (Å²) < 4.78 is 13.9. The van der Waals surface area contributed by atoms with Gasteiger partial charge in [-0.2, -0.15) is 0 Å². The first-order valence-corrected chi connectivity index (χ1v) is 13.1. The van der Waals surface area contributed by atoms with Crippen LogP contribution >= 0.6 is 74.1 Å². The number of hydrogen-bond donors (Lipinski definition) is 0. The van der Waals surface area contributed by atoms with Gasteiger partial charge in [0, 0.05) is 9.50 Å². The maximum Gasteiger partial charge on any atom is 0.270 e. The van der Waals surface area contributed by atoms with Gasteiger partial charge in [0.1, 0.15) is 6.61 Å². The van der Waals surface area contributed by atoms with Crippen LogP contribution in [0.3, 0.4) is 0 Å². The molecule has 0 N–H and O–H groups in total. The second-order valence-electron chi connectivity index (χ2n) is 6.94. The third-order valence-corrected chi connectivity index (χ3v) is 7.61. The average Bonchev–Trinajstić information content (AvgIpc) is 3.07. The summed E-state index contributed by atoms with van der Waals surface area (Å²) in [5, 5.41) is 0.681. The zero-order chi connectivity index (χ0) is 23.5. The first kappa shape index (κ1) is 24.5. The predicted molar refractivity (Wildman–Crippen MR) is 151 cm³/mol. The molecule has 1 aliphatic rings. The van der Waals surface area contributed by atoms with Crippen molar-refractivity contribution < 1.29 is 14.3 Å². The fourth-order valence-corrected chi connectivity index (χ4v) is 5.60. The van der Waals surface area contributed by atoms with Gasteiger partial charge in [0.25, 0.3) is 5.91 Å². The lowest BCUT2D eigenvalue weighted by Gasteiger charge is -2.14. The summed E-state index contributed by atoms with van der Waals surface area (Å²) >= 11 is 18.3. The van der Waals surface area contributed by atoms with E-state index in [0.29, 0.717) is 32.4 Å². The number of thioether (sulfide) groups is 1. The molecule has 9 heteroatoms. The molecule has 1 aliphatic heterocycles. The third kappa shape index (κ3) is 5.74. The van der Waals surface area contributed by atoms with Crippen molar-refractivity contribution in [1.82, 2.24) is 0 Å². The van der Waals surface area contributed by atoms with Gasteiger partial charge in [-0.25, -0.2) is 0 Å². The highest BCUT2D eigenvalue weighted by Gasteiger charge is 2.33. The Morgan fingerprint density at radius 1 is 1.15 bits per heavy atom. The van der Waals surface area contributed by atoms with Crippen LogP contribution in [0.15, 0.2) is 70.0 Å². The van der Waals surface area contributed by atoms with Gasteiger partial charge in [-0.05, 0) is 88.3 Å². The number of carbonyl (C=O) groups excluding carboxylic acids is 1. The summed E-state index contributed by atoms with van der Waals surface area (Å²) in [5.41, 5.74) is 2.56. The van der Waals surface area contributed by atoms with Crippen LogP contribution in [0, 0.1) is 3.57 Å². The van der Waals surface area contributed by atoms with Crippen LogP contribution in [0.4, 0.5) is 5.69 Å². The van der Waals surface area contributed by atoms with Crippen molar-refractivity contribution in [3.8, 4) is 11.5 Å². The van der Waals surface area contributed by atoms with Crippen molar-refractivity contribution in [3.05, 3.63) is 89.8 Å². The van der Waals surface area contributed by atoms with Crippen LogP contribution in [0.2, 0.25) is 5.02 Å². The topological polar surface area (TPSA) is 38.8 Å². The molecule has 4 rings (SSSR count). The molecular formula is C24H16BrClINO3S2. The van der Waals surface area contributed by atoms with E-state index < -0.39 is 0 Å². The molecule has 0 bridgehead atoms. The Hall–Kier alpha value is -1.59. The van der Waals surface area contributed by atoms with E-state index in [4.69, 9.17) is 33.3 Å². The molecular weight excluding hydrogens is 657 g/mol. The highest BCUT2D eigenvalue weighted by molar-refractivity contribution is 14.1. The maximum absolute atomic E-state index is 13.1. The van der Waals surface area contributed by atoms with Gasteiger partial charge in [0.05, 0.1) is 21.3 Å². The van der Waals surface area contributed by atoms with Crippen molar-refractivity contribution in [2.45, 2.75) is 6.61 Å². The molecule has 0 aliphatic carbocycles. The maximum atomic E-state index is 13.1. The first-order chi connectivity index (χ1) is 15.9. The Morgan fingerprint density at radius 2 is 1.85 bits per heavy atom.